The summed E-state index contributed by atoms with van der Waals surface area (Å²) >= 11 is 0. The Hall–Kier alpha value is -1.36. The lowest BCUT2D eigenvalue weighted by Crippen LogP contribution is -2.31. The number of hydrogen-bond acceptors (Lipinski definition) is 3. The summed E-state index contributed by atoms with van der Waals surface area (Å²) in [5, 5.41) is 13.7. The highest BCUT2D eigenvalue weighted by Crippen LogP contribution is 2.22. The summed E-state index contributed by atoms with van der Waals surface area (Å²) in [6.45, 7) is 8.94. The summed E-state index contributed by atoms with van der Waals surface area (Å²) in [6.07, 6.45) is 6.44. The van der Waals surface area contributed by atoms with Crippen LogP contribution >= 0.6 is 0 Å². The largest absolute Gasteiger partial charge is 0.478 e. The molecule has 112 valence electrons. The zero-order valence-corrected chi connectivity index (χ0v) is 12.7. The van der Waals surface area contributed by atoms with Crippen molar-refractivity contribution in [2.75, 3.05) is 13.1 Å². The van der Waals surface area contributed by atoms with Crippen LogP contribution in [-0.2, 0) is 12.1 Å². The van der Waals surface area contributed by atoms with Gasteiger partial charge in [0.15, 0.2) is 0 Å². The highest BCUT2D eigenvalue weighted by Gasteiger charge is 2.25. The molecule has 5 heteroatoms. The van der Waals surface area contributed by atoms with Gasteiger partial charge in [0, 0.05) is 6.54 Å². The lowest BCUT2D eigenvalue weighted by atomic mass is 10.1. The zero-order valence-electron chi connectivity index (χ0n) is 12.7. The predicted octanol–water partition coefficient (Wildman–Crippen LogP) is 2.71. The van der Waals surface area contributed by atoms with Crippen LogP contribution in [0.25, 0.3) is 0 Å². The molecule has 1 fully saturated rings. The first kappa shape index (κ1) is 15.0. The number of carboxylic acid groups (broad SMARTS) is 1. The van der Waals surface area contributed by atoms with Gasteiger partial charge in [0.05, 0.1) is 17.4 Å². The average molecular weight is 279 g/mol. The summed E-state index contributed by atoms with van der Waals surface area (Å²) < 4.78 is 1.86. The molecule has 1 N–H and O–H groups in total. The smallest absolute Gasteiger partial charge is 0.339 e. The van der Waals surface area contributed by atoms with E-state index >= 15 is 0 Å². The fourth-order valence-electron chi connectivity index (χ4n) is 2.79. The van der Waals surface area contributed by atoms with Crippen LogP contribution in [0.3, 0.4) is 0 Å². The third-order valence-corrected chi connectivity index (χ3v) is 3.81. The van der Waals surface area contributed by atoms with Gasteiger partial charge in [-0.05, 0) is 46.7 Å². The molecule has 0 bridgehead atoms. The molecule has 20 heavy (non-hydrogen) atoms. The molecule has 1 aliphatic rings. The molecule has 0 amide bonds. The first-order valence-corrected chi connectivity index (χ1v) is 7.42. The van der Waals surface area contributed by atoms with E-state index in [9.17, 15) is 9.90 Å². The molecule has 0 unspecified atom stereocenters. The van der Waals surface area contributed by atoms with Crippen LogP contribution in [0.1, 0.15) is 62.5 Å². The number of hydrogen-bond donors (Lipinski definition) is 1. The minimum atomic E-state index is -0.884. The summed E-state index contributed by atoms with van der Waals surface area (Å²) in [5.41, 5.74) is 0.964. The van der Waals surface area contributed by atoms with Crippen molar-refractivity contribution in [3.8, 4) is 0 Å². The Kier molecular flexibility index (Phi) is 4.48. The molecule has 2 heterocycles. The number of rotatable bonds is 3. The molecule has 0 atom stereocenters. The van der Waals surface area contributed by atoms with Crippen molar-refractivity contribution in [2.45, 2.75) is 58.5 Å². The molecular weight excluding hydrogens is 254 g/mol. The summed E-state index contributed by atoms with van der Waals surface area (Å²) in [6, 6.07) is 0. The summed E-state index contributed by atoms with van der Waals surface area (Å²) in [4.78, 5) is 13.8. The van der Waals surface area contributed by atoms with Crippen molar-refractivity contribution in [1.29, 1.82) is 0 Å². The normalized spacial score (nSPS) is 17.9. The molecule has 5 nitrogen and oxygen atoms in total. The second kappa shape index (κ2) is 5.95. The van der Waals surface area contributed by atoms with Gasteiger partial charge in [-0.3, -0.25) is 9.58 Å². The summed E-state index contributed by atoms with van der Waals surface area (Å²) in [7, 11) is 0. The Morgan fingerprint density at radius 1 is 1.25 bits per heavy atom. The number of likely N-dealkylation sites (tertiary alicyclic amines) is 1. The maximum Gasteiger partial charge on any atom is 0.339 e. The molecule has 1 aromatic heterocycles. The van der Waals surface area contributed by atoms with E-state index < -0.39 is 5.97 Å². The van der Waals surface area contributed by atoms with E-state index in [4.69, 9.17) is 0 Å². The third kappa shape index (κ3) is 3.39. The van der Waals surface area contributed by atoms with Crippen LogP contribution < -0.4 is 0 Å². The lowest BCUT2D eigenvalue weighted by molar-refractivity contribution is 0.0694. The van der Waals surface area contributed by atoms with Crippen molar-refractivity contribution in [1.82, 2.24) is 14.7 Å². The van der Waals surface area contributed by atoms with Crippen LogP contribution in [0.4, 0.5) is 0 Å². The van der Waals surface area contributed by atoms with Crippen LogP contribution in [0.15, 0.2) is 6.20 Å². The number of nitrogens with zero attached hydrogens (tertiary/aromatic N) is 3. The highest BCUT2D eigenvalue weighted by atomic mass is 16.4. The molecule has 0 aliphatic carbocycles. The molecular formula is C15H25N3O2. The van der Waals surface area contributed by atoms with E-state index in [1.807, 2.05) is 4.68 Å². The fraction of sp³-hybridized carbons (Fsp3) is 0.733. The monoisotopic (exact) mass is 279 g/mol. The Balaban J connectivity index is 2.27. The van der Waals surface area contributed by atoms with Crippen LogP contribution in [0.5, 0.6) is 0 Å². The van der Waals surface area contributed by atoms with Gasteiger partial charge < -0.3 is 5.11 Å². The van der Waals surface area contributed by atoms with Gasteiger partial charge >= 0.3 is 5.97 Å². The quantitative estimate of drug-likeness (QED) is 0.924. The van der Waals surface area contributed by atoms with Gasteiger partial charge in [0.25, 0.3) is 0 Å². The van der Waals surface area contributed by atoms with E-state index in [0.717, 1.165) is 18.8 Å². The van der Waals surface area contributed by atoms with E-state index in [1.54, 1.807) is 0 Å². The standard InChI is InChI=1S/C15H25N3O2/c1-15(2,3)18-13(12(10-16-18)14(19)20)11-17-8-6-4-5-7-9-17/h10H,4-9,11H2,1-3H3,(H,19,20). The molecule has 1 saturated heterocycles. The maximum atomic E-state index is 11.4. The highest BCUT2D eigenvalue weighted by molar-refractivity contribution is 5.88. The number of aromatic nitrogens is 2. The maximum absolute atomic E-state index is 11.4. The van der Waals surface area contributed by atoms with Gasteiger partial charge in [-0.1, -0.05) is 12.8 Å². The zero-order chi connectivity index (χ0) is 14.8. The summed E-state index contributed by atoms with van der Waals surface area (Å²) in [5.74, 6) is -0.884. The second-order valence-electron chi connectivity index (χ2n) is 6.58. The topological polar surface area (TPSA) is 58.4 Å². The van der Waals surface area contributed by atoms with Gasteiger partial charge in [-0.2, -0.15) is 5.10 Å². The van der Waals surface area contributed by atoms with Crippen molar-refractivity contribution in [2.24, 2.45) is 0 Å². The predicted molar refractivity (Wildman–Crippen MR) is 77.9 cm³/mol. The minimum absolute atomic E-state index is 0.200. The number of aromatic carboxylic acids is 1. The molecule has 0 spiro atoms. The van der Waals surface area contributed by atoms with E-state index in [1.165, 1.54) is 31.9 Å². The molecule has 0 radical (unpaired) electrons. The van der Waals surface area contributed by atoms with E-state index in [0.29, 0.717) is 12.1 Å². The number of carboxylic acids is 1. The second-order valence-corrected chi connectivity index (χ2v) is 6.58. The molecule has 1 aromatic rings. The van der Waals surface area contributed by atoms with E-state index in [-0.39, 0.29) is 5.54 Å². The average Bonchev–Trinajstić information content (AvgIpc) is 2.59. The minimum Gasteiger partial charge on any atom is -0.478 e. The fourth-order valence-corrected chi connectivity index (χ4v) is 2.79. The molecule has 2 rings (SSSR count). The molecule has 0 saturated carbocycles. The van der Waals surface area contributed by atoms with Crippen LogP contribution in [0, 0.1) is 0 Å². The van der Waals surface area contributed by atoms with Crippen molar-refractivity contribution in [3.05, 3.63) is 17.5 Å². The van der Waals surface area contributed by atoms with Crippen molar-refractivity contribution in [3.63, 3.8) is 0 Å². The van der Waals surface area contributed by atoms with Gasteiger partial charge in [0.1, 0.15) is 5.56 Å². The third-order valence-electron chi connectivity index (χ3n) is 3.81. The SMILES string of the molecule is CC(C)(C)n1ncc(C(=O)O)c1CN1CCCCCC1. The first-order valence-electron chi connectivity index (χ1n) is 7.42. The van der Waals surface area contributed by atoms with E-state index in [2.05, 4.69) is 30.8 Å². The Morgan fingerprint density at radius 2 is 1.85 bits per heavy atom. The van der Waals surface area contributed by atoms with Crippen LogP contribution in [0.2, 0.25) is 0 Å². The number of carbonyl (C=O) groups is 1. The Labute approximate surface area is 120 Å². The first-order chi connectivity index (χ1) is 9.39. The van der Waals surface area contributed by atoms with Crippen molar-refractivity contribution >= 4 is 5.97 Å². The van der Waals surface area contributed by atoms with Gasteiger partial charge in [0.2, 0.25) is 0 Å². The lowest BCUT2D eigenvalue weighted by Gasteiger charge is -2.26. The Bertz CT molecular complexity index is 466. The molecule has 1 aliphatic heterocycles. The van der Waals surface area contributed by atoms with Crippen LogP contribution in [-0.4, -0.2) is 38.8 Å². The van der Waals surface area contributed by atoms with Gasteiger partial charge in [-0.15, -0.1) is 0 Å². The van der Waals surface area contributed by atoms with Crippen molar-refractivity contribution < 1.29 is 9.90 Å². The Morgan fingerprint density at radius 3 is 2.35 bits per heavy atom. The molecule has 0 aromatic carbocycles. The van der Waals surface area contributed by atoms with Gasteiger partial charge in [-0.25, -0.2) is 4.79 Å².